The minimum Gasteiger partial charge on any atom is -0.480 e. The second kappa shape index (κ2) is 6.38. The zero-order valence-corrected chi connectivity index (χ0v) is 12.2. The van der Waals surface area contributed by atoms with Gasteiger partial charge in [-0.15, -0.1) is 23.1 Å². The minimum atomic E-state index is -0.934. The number of aromatic nitrogens is 1. The Bertz CT molecular complexity index is 471. The summed E-state index contributed by atoms with van der Waals surface area (Å²) in [4.78, 5) is 27.0. The topological polar surface area (TPSA) is 79.3 Å². The van der Waals surface area contributed by atoms with Gasteiger partial charge in [0.1, 0.15) is 6.04 Å². The maximum absolute atomic E-state index is 11.7. The monoisotopic (exact) mass is 300 g/mol. The first-order chi connectivity index (χ1) is 9.06. The van der Waals surface area contributed by atoms with E-state index in [2.05, 4.69) is 10.3 Å². The van der Waals surface area contributed by atoms with Crippen LogP contribution in [0.2, 0.25) is 0 Å². The molecule has 7 heteroatoms. The smallest absolute Gasteiger partial charge is 0.326 e. The summed E-state index contributed by atoms with van der Waals surface area (Å²) in [5.41, 5.74) is 0.970. The van der Waals surface area contributed by atoms with E-state index in [9.17, 15) is 9.59 Å². The third kappa shape index (κ3) is 4.50. The molecule has 1 heterocycles. The summed E-state index contributed by atoms with van der Waals surface area (Å²) in [6.07, 6.45) is 1.78. The van der Waals surface area contributed by atoms with Gasteiger partial charge in [-0.1, -0.05) is 0 Å². The summed E-state index contributed by atoms with van der Waals surface area (Å²) in [6, 6.07) is -0.713. The molecule has 0 aliphatic heterocycles. The van der Waals surface area contributed by atoms with E-state index in [0.717, 1.165) is 23.5 Å². The average Bonchev–Trinajstić information content (AvgIpc) is 3.10. The summed E-state index contributed by atoms with van der Waals surface area (Å²) in [5.74, 6) is -0.0775. The van der Waals surface area contributed by atoms with Crippen molar-refractivity contribution < 1.29 is 14.7 Å². The molecule has 1 saturated carbocycles. The van der Waals surface area contributed by atoms with Gasteiger partial charge in [0.25, 0.3) is 0 Å². The third-order valence-electron chi connectivity index (χ3n) is 2.83. The van der Waals surface area contributed by atoms with Crippen LogP contribution in [-0.4, -0.2) is 33.8 Å². The first-order valence-corrected chi connectivity index (χ1v) is 8.10. The Morgan fingerprint density at radius 1 is 1.63 bits per heavy atom. The second-order valence-electron chi connectivity index (χ2n) is 4.57. The molecule has 104 valence electrons. The Morgan fingerprint density at radius 3 is 2.89 bits per heavy atom. The molecule has 0 aromatic carbocycles. The molecule has 2 N–H and O–H groups in total. The van der Waals surface area contributed by atoms with Crippen molar-refractivity contribution >= 4 is 35.0 Å². The van der Waals surface area contributed by atoms with E-state index in [4.69, 9.17) is 5.11 Å². The van der Waals surface area contributed by atoms with Crippen molar-refractivity contribution in [3.05, 3.63) is 16.1 Å². The van der Waals surface area contributed by atoms with Crippen LogP contribution < -0.4 is 5.32 Å². The highest BCUT2D eigenvalue weighted by Crippen LogP contribution is 2.32. The van der Waals surface area contributed by atoms with Gasteiger partial charge >= 0.3 is 5.97 Å². The Balaban J connectivity index is 1.70. The van der Waals surface area contributed by atoms with Crippen molar-refractivity contribution in [2.45, 2.75) is 31.6 Å². The first-order valence-electron chi connectivity index (χ1n) is 6.07. The molecule has 1 aliphatic rings. The van der Waals surface area contributed by atoms with Gasteiger partial charge < -0.3 is 10.4 Å². The molecule has 0 spiro atoms. The number of carboxylic acid groups (broad SMARTS) is 1. The van der Waals surface area contributed by atoms with Crippen LogP contribution in [-0.2, 0) is 15.3 Å². The summed E-state index contributed by atoms with van der Waals surface area (Å²) >= 11 is 3.04. The normalized spacial score (nSPS) is 16.1. The van der Waals surface area contributed by atoms with E-state index >= 15 is 0 Å². The van der Waals surface area contributed by atoms with Crippen LogP contribution in [0.25, 0.3) is 0 Å². The largest absolute Gasteiger partial charge is 0.480 e. The average molecular weight is 300 g/mol. The Morgan fingerprint density at radius 2 is 2.37 bits per heavy atom. The molecule has 1 unspecified atom stereocenters. The van der Waals surface area contributed by atoms with E-state index in [1.54, 1.807) is 11.3 Å². The number of hydrogen-bond donors (Lipinski definition) is 2. The van der Waals surface area contributed by atoms with Crippen LogP contribution in [0.4, 0.5) is 0 Å². The number of aryl methyl sites for hydroxylation is 1. The van der Waals surface area contributed by atoms with Crippen molar-refractivity contribution in [1.29, 1.82) is 0 Å². The Labute approximate surface area is 119 Å². The van der Waals surface area contributed by atoms with Crippen LogP contribution in [0.1, 0.15) is 23.5 Å². The third-order valence-corrected chi connectivity index (χ3v) is 4.61. The van der Waals surface area contributed by atoms with Gasteiger partial charge in [0.05, 0.1) is 16.5 Å². The second-order valence-corrected chi connectivity index (χ2v) is 6.62. The zero-order valence-electron chi connectivity index (χ0n) is 10.6. The number of nitrogens with one attached hydrogen (secondary N) is 1. The Hall–Kier alpha value is -1.08. The van der Waals surface area contributed by atoms with E-state index in [1.807, 2.05) is 12.3 Å². The molecule has 1 amide bonds. The highest BCUT2D eigenvalue weighted by atomic mass is 32.2. The molecule has 1 fully saturated rings. The number of thioether (sulfide) groups is 1. The fourth-order valence-corrected chi connectivity index (χ4v) is 3.19. The first kappa shape index (κ1) is 14.3. The molecule has 19 heavy (non-hydrogen) atoms. The molecule has 0 radical (unpaired) electrons. The van der Waals surface area contributed by atoms with Gasteiger partial charge in [-0.2, -0.15) is 0 Å². The highest BCUT2D eigenvalue weighted by molar-refractivity contribution is 7.99. The summed E-state index contributed by atoms with van der Waals surface area (Å²) in [6.45, 7) is 1.94. The molecule has 1 aliphatic carbocycles. The number of carbonyl (C=O) groups excluding carboxylic acids is 1. The lowest BCUT2D eigenvalue weighted by molar-refractivity contribution is -0.142. The summed E-state index contributed by atoms with van der Waals surface area (Å²) in [7, 11) is 0. The van der Waals surface area contributed by atoms with E-state index in [-0.39, 0.29) is 17.6 Å². The van der Waals surface area contributed by atoms with E-state index in [0.29, 0.717) is 5.75 Å². The molecule has 2 rings (SSSR count). The van der Waals surface area contributed by atoms with Gasteiger partial charge in [-0.05, 0) is 25.7 Å². The lowest BCUT2D eigenvalue weighted by Gasteiger charge is -2.13. The maximum Gasteiger partial charge on any atom is 0.326 e. The highest BCUT2D eigenvalue weighted by Gasteiger charge is 2.37. The fourth-order valence-electron chi connectivity index (χ4n) is 1.75. The molecule has 0 saturated heterocycles. The summed E-state index contributed by atoms with van der Waals surface area (Å²) in [5, 5.41) is 14.6. The van der Waals surface area contributed by atoms with Crippen molar-refractivity contribution in [2.24, 2.45) is 5.92 Å². The van der Waals surface area contributed by atoms with Gasteiger partial charge in [0.2, 0.25) is 5.91 Å². The van der Waals surface area contributed by atoms with Crippen molar-refractivity contribution in [3.63, 3.8) is 0 Å². The number of carbonyl (C=O) groups is 2. The standard InChI is InChI=1S/C12H16N2O3S2/c1-7-13-9(5-19-7)4-18-6-10(15)14-11(12(16)17)8-2-3-8/h5,8,11H,2-4,6H2,1H3,(H,14,15)(H,16,17). The number of thiazole rings is 1. The molecule has 5 nitrogen and oxygen atoms in total. The van der Waals surface area contributed by atoms with Crippen molar-refractivity contribution in [2.75, 3.05) is 5.75 Å². The number of rotatable bonds is 7. The molecule has 1 aromatic rings. The zero-order chi connectivity index (χ0) is 13.8. The van der Waals surface area contributed by atoms with Gasteiger partial charge in [0, 0.05) is 11.1 Å². The lowest BCUT2D eigenvalue weighted by atomic mass is 10.2. The van der Waals surface area contributed by atoms with E-state index < -0.39 is 12.0 Å². The fraction of sp³-hybridized carbons (Fsp3) is 0.583. The quantitative estimate of drug-likeness (QED) is 0.800. The molecule has 1 aromatic heterocycles. The van der Waals surface area contributed by atoms with Crippen LogP contribution in [0.15, 0.2) is 5.38 Å². The number of amides is 1. The predicted octanol–water partition coefficient (Wildman–Crippen LogP) is 1.66. The number of aliphatic carboxylic acids is 1. The van der Waals surface area contributed by atoms with Crippen LogP contribution >= 0.6 is 23.1 Å². The number of hydrogen-bond acceptors (Lipinski definition) is 5. The molecule has 1 atom stereocenters. The van der Waals surface area contributed by atoms with Crippen molar-refractivity contribution in [1.82, 2.24) is 10.3 Å². The van der Waals surface area contributed by atoms with Crippen LogP contribution in [0, 0.1) is 12.8 Å². The summed E-state index contributed by atoms with van der Waals surface area (Å²) < 4.78 is 0. The van der Waals surface area contributed by atoms with Crippen LogP contribution in [0.5, 0.6) is 0 Å². The minimum absolute atomic E-state index is 0.118. The van der Waals surface area contributed by atoms with Crippen molar-refractivity contribution in [3.8, 4) is 0 Å². The van der Waals surface area contributed by atoms with Crippen LogP contribution in [0.3, 0.4) is 0 Å². The van der Waals surface area contributed by atoms with Gasteiger partial charge in [-0.25, -0.2) is 9.78 Å². The molecule has 0 bridgehead atoms. The van der Waals surface area contributed by atoms with Gasteiger partial charge in [0.15, 0.2) is 0 Å². The Kier molecular flexibility index (Phi) is 4.81. The molecular formula is C12H16N2O3S2. The predicted molar refractivity (Wildman–Crippen MR) is 75.3 cm³/mol. The van der Waals surface area contributed by atoms with Gasteiger partial charge in [-0.3, -0.25) is 4.79 Å². The lowest BCUT2D eigenvalue weighted by Crippen LogP contribution is -2.43. The number of nitrogens with zero attached hydrogens (tertiary/aromatic N) is 1. The maximum atomic E-state index is 11.7. The number of carboxylic acids is 1. The molecular weight excluding hydrogens is 284 g/mol. The van der Waals surface area contributed by atoms with E-state index in [1.165, 1.54) is 11.8 Å². The SMILES string of the molecule is Cc1nc(CSCC(=O)NC(C(=O)O)C2CC2)cs1.